The number of hydrogen-bond acceptors (Lipinski definition) is 2. The van der Waals surface area contributed by atoms with E-state index in [0.29, 0.717) is 10.2 Å². The quantitative estimate of drug-likeness (QED) is 0.739. The molecule has 0 unspecified atom stereocenters. The Balaban J connectivity index is 2.23. The molecule has 0 atom stereocenters. The number of hydrogen-bond donors (Lipinski definition) is 0. The Kier molecular flexibility index (Phi) is 3.83. The van der Waals surface area contributed by atoms with E-state index in [4.69, 9.17) is 23.2 Å². The molecule has 98 valence electrons. The van der Waals surface area contributed by atoms with E-state index in [0.717, 1.165) is 25.9 Å². The second-order valence-electron chi connectivity index (χ2n) is 5.46. The highest BCUT2D eigenvalue weighted by molar-refractivity contribution is 6.34. The van der Waals surface area contributed by atoms with E-state index in [1.54, 1.807) is 12.1 Å². The van der Waals surface area contributed by atoms with Crippen LogP contribution in [0.2, 0.25) is 10.2 Å². The molecule has 2 rings (SSSR count). The summed E-state index contributed by atoms with van der Waals surface area (Å²) in [6, 6.07) is 3.19. The Morgan fingerprint density at radius 1 is 1.39 bits per heavy atom. The molecule has 0 bridgehead atoms. The average Bonchev–Trinajstić information content (AvgIpc) is 2.30. The molecule has 18 heavy (non-hydrogen) atoms. The number of nitrogens with zero attached hydrogens (tertiary/aromatic N) is 2. The molecule has 1 saturated heterocycles. The minimum Gasteiger partial charge on any atom is -0.337 e. The Hall–Kier alpha value is -0.800. The predicted molar refractivity (Wildman–Crippen MR) is 73.2 cm³/mol. The summed E-state index contributed by atoms with van der Waals surface area (Å²) >= 11 is 11.8. The Morgan fingerprint density at radius 3 is 2.78 bits per heavy atom. The summed E-state index contributed by atoms with van der Waals surface area (Å²) in [5.74, 6) is -0.129. The molecule has 0 saturated carbocycles. The van der Waals surface area contributed by atoms with Crippen LogP contribution in [0.15, 0.2) is 12.1 Å². The number of halogens is 2. The summed E-state index contributed by atoms with van der Waals surface area (Å²) in [5, 5.41) is 0.645. The van der Waals surface area contributed by atoms with Crippen LogP contribution in [0, 0.1) is 5.41 Å². The van der Waals surface area contributed by atoms with Crippen LogP contribution in [-0.2, 0) is 0 Å². The second-order valence-corrected chi connectivity index (χ2v) is 6.25. The van der Waals surface area contributed by atoms with Gasteiger partial charge in [0.2, 0.25) is 0 Å². The van der Waals surface area contributed by atoms with Gasteiger partial charge in [0.1, 0.15) is 10.8 Å². The van der Waals surface area contributed by atoms with E-state index in [1.807, 2.05) is 4.90 Å². The van der Waals surface area contributed by atoms with Gasteiger partial charge in [-0.2, -0.15) is 0 Å². The van der Waals surface area contributed by atoms with E-state index in [-0.39, 0.29) is 17.0 Å². The summed E-state index contributed by atoms with van der Waals surface area (Å²) in [6.07, 6.45) is 2.14. The molecule has 0 N–H and O–H groups in total. The van der Waals surface area contributed by atoms with Gasteiger partial charge in [0.25, 0.3) is 5.91 Å². The van der Waals surface area contributed by atoms with Crippen molar-refractivity contribution in [2.75, 3.05) is 13.1 Å². The summed E-state index contributed by atoms with van der Waals surface area (Å²) in [7, 11) is 0. The Bertz CT molecular complexity index is 474. The normalized spacial score (nSPS) is 18.8. The number of rotatable bonds is 1. The van der Waals surface area contributed by atoms with Gasteiger partial charge in [0, 0.05) is 13.1 Å². The van der Waals surface area contributed by atoms with Gasteiger partial charge in [-0.1, -0.05) is 37.0 Å². The van der Waals surface area contributed by atoms with Gasteiger partial charge >= 0.3 is 0 Å². The first-order chi connectivity index (χ1) is 8.39. The maximum Gasteiger partial charge on any atom is 0.274 e. The highest BCUT2D eigenvalue weighted by atomic mass is 35.5. The zero-order valence-electron chi connectivity index (χ0n) is 10.5. The van der Waals surface area contributed by atoms with Gasteiger partial charge in [-0.15, -0.1) is 0 Å². The molecule has 3 nitrogen and oxygen atoms in total. The van der Waals surface area contributed by atoms with Crippen LogP contribution < -0.4 is 0 Å². The van der Waals surface area contributed by atoms with Gasteiger partial charge in [0.05, 0.1) is 5.02 Å². The van der Waals surface area contributed by atoms with Gasteiger partial charge < -0.3 is 4.90 Å². The average molecular weight is 287 g/mol. The van der Waals surface area contributed by atoms with Gasteiger partial charge in [0.15, 0.2) is 0 Å². The zero-order chi connectivity index (χ0) is 13.3. The van der Waals surface area contributed by atoms with Crippen molar-refractivity contribution in [2.45, 2.75) is 26.7 Å². The third-order valence-corrected chi connectivity index (χ3v) is 3.72. The molecule has 2 heterocycles. The molecule has 0 aromatic carbocycles. The molecular weight excluding hydrogens is 271 g/mol. The van der Waals surface area contributed by atoms with Crippen LogP contribution in [0.3, 0.4) is 0 Å². The number of pyridine rings is 1. The van der Waals surface area contributed by atoms with Crippen LogP contribution in [-0.4, -0.2) is 28.9 Å². The number of piperidine rings is 1. The summed E-state index contributed by atoms with van der Waals surface area (Å²) < 4.78 is 0. The van der Waals surface area contributed by atoms with E-state index in [9.17, 15) is 4.79 Å². The summed E-state index contributed by atoms with van der Waals surface area (Å²) in [5.41, 5.74) is 0.403. The highest BCUT2D eigenvalue weighted by Crippen LogP contribution is 2.30. The van der Waals surface area contributed by atoms with Crippen molar-refractivity contribution in [3.8, 4) is 0 Å². The molecule has 0 radical (unpaired) electrons. The van der Waals surface area contributed by atoms with Crippen molar-refractivity contribution in [3.05, 3.63) is 28.0 Å². The fourth-order valence-corrected chi connectivity index (χ4v) is 2.65. The highest BCUT2D eigenvalue weighted by Gasteiger charge is 2.30. The monoisotopic (exact) mass is 286 g/mol. The molecule has 1 aliphatic heterocycles. The number of likely N-dealkylation sites (tertiary alicyclic amines) is 1. The third-order valence-electron chi connectivity index (χ3n) is 3.20. The van der Waals surface area contributed by atoms with Crippen LogP contribution in [0.25, 0.3) is 0 Å². The number of aromatic nitrogens is 1. The van der Waals surface area contributed by atoms with Crippen molar-refractivity contribution < 1.29 is 4.79 Å². The van der Waals surface area contributed by atoms with Crippen LogP contribution in [0.1, 0.15) is 37.2 Å². The largest absolute Gasteiger partial charge is 0.337 e. The number of amides is 1. The fourth-order valence-electron chi connectivity index (χ4n) is 2.31. The van der Waals surface area contributed by atoms with Gasteiger partial charge in [-0.25, -0.2) is 4.98 Å². The van der Waals surface area contributed by atoms with Crippen LogP contribution in [0.4, 0.5) is 0 Å². The number of carbonyl (C=O) groups excluding carboxylic acids is 1. The fraction of sp³-hybridized carbons (Fsp3) is 0.538. The Morgan fingerprint density at radius 2 is 2.11 bits per heavy atom. The predicted octanol–water partition coefficient (Wildman–Crippen LogP) is 3.65. The van der Waals surface area contributed by atoms with Crippen LogP contribution >= 0.6 is 23.2 Å². The zero-order valence-corrected chi connectivity index (χ0v) is 12.1. The smallest absolute Gasteiger partial charge is 0.274 e. The van der Waals surface area contributed by atoms with E-state index >= 15 is 0 Å². The molecule has 1 fully saturated rings. The topological polar surface area (TPSA) is 33.2 Å². The maximum atomic E-state index is 12.4. The lowest BCUT2D eigenvalue weighted by atomic mass is 9.84. The van der Waals surface area contributed by atoms with Crippen molar-refractivity contribution >= 4 is 29.1 Å². The Labute approximate surface area is 117 Å². The molecule has 0 aliphatic carbocycles. The summed E-state index contributed by atoms with van der Waals surface area (Å²) in [4.78, 5) is 18.2. The lowest BCUT2D eigenvalue weighted by Crippen LogP contribution is -2.43. The molecule has 1 aromatic heterocycles. The first kappa shape index (κ1) is 13.6. The number of carbonyl (C=O) groups is 1. The van der Waals surface area contributed by atoms with Crippen molar-refractivity contribution in [2.24, 2.45) is 5.41 Å². The van der Waals surface area contributed by atoms with Gasteiger partial charge in [-0.3, -0.25) is 4.79 Å². The molecule has 5 heteroatoms. The van der Waals surface area contributed by atoms with E-state index in [1.165, 1.54) is 0 Å². The minimum absolute atomic E-state index is 0.129. The SMILES string of the molecule is CC1(C)CCCN(C(=O)c2nc(Cl)ccc2Cl)C1. The first-order valence-corrected chi connectivity index (χ1v) is 6.76. The van der Waals surface area contributed by atoms with Crippen LogP contribution in [0.5, 0.6) is 0 Å². The van der Waals surface area contributed by atoms with Crippen molar-refractivity contribution in [3.63, 3.8) is 0 Å². The minimum atomic E-state index is -0.129. The molecule has 1 amide bonds. The lowest BCUT2D eigenvalue weighted by molar-refractivity contribution is 0.0578. The molecule has 1 aromatic rings. The molecule has 0 spiro atoms. The third kappa shape index (κ3) is 2.96. The molecule has 1 aliphatic rings. The maximum absolute atomic E-state index is 12.4. The van der Waals surface area contributed by atoms with E-state index < -0.39 is 0 Å². The van der Waals surface area contributed by atoms with Gasteiger partial charge in [-0.05, 0) is 30.4 Å². The van der Waals surface area contributed by atoms with Crippen molar-refractivity contribution in [1.29, 1.82) is 0 Å². The van der Waals surface area contributed by atoms with Crippen molar-refractivity contribution in [1.82, 2.24) is 9.88 Å². The first-order valence-electron chi connectivity index (χ1n) is 6.00. The lowest BCUT2D eigenvalue weighted by Gasteiger charge is -2.37. The van der Waals surface area contributed by atoms with E-state index in [2.05, 4.69) is 18.8 Å². The standard InChI is InChI=1S/C13H16Cl2N2O/c1-13(2)6-3-7-17(8-13)12(18)11-9(14)4-5-10(15)16-11/h4-5H,3,6-8H2,1-2H3. The molecular formula is C13H16Cl2N2O. The second kappa shape index (κ2) is 5.06. The summed E-state index contributed by atoms with van der Waals surface area (Å²) in [6.45, 7) is 5.82.